The van der Waals surface area contributed by atoms with Gasteiger partial charge in [0.1, 0.15) is 0 Å². The fraction of sp³-hybridized carbons (Fsp3) is 0.933. The predicted molar refractivity (Wildman–Crippen MR) is 75.6 cm³/mol. The van der Waals surface area contributed by atoms with Crippen LogP contribution in [0.25, 0.3) is 0 Å². The van der Waals surface area contributed by atoms with Crippen LogP contribution in [0.4, 0.5) is 0 Å². The lowest BCUT2D eigenvalue weighted by molar-refractivity contribution is -0.132. The average molecular weight is 268 g/mol. The molecule has 0 radical (unpaired) electrons. The summed E-state index contributed by atoms with van der Waals surface area (Å²) >= 11 is 0. The molecule has 4 nitrogen and oxygen atoms in total. The quantitative estimate of drug-likeness (QED) is 0.682. The van der Waals surface area contributed by atoms with Gasteiger partial charge in [-0.2, -0.15) is 0 Å². The zero-order valence-corrected chi connectivity index (χ0v) is 12.1. The molecule has 2 aliphatic rings. The first-order valence-corrected chi connectivity index (χ1v) is 7.73. The molecule has 2 saturated carbocycles. The Kier molecular flexibility index (Phi) is 4.51. The summed E-state index contributed by atoms with van der Waals surface area (Å²) in [7, 11) is 0. The smallest absolute Gasteiger partial charge is 0.227 e. The van der Waals surface area contributed by atoms with Gasteiger partial charge in [-0.25, -0.2) is 0 Å². The van der Waals surface area contributed by atoms with Crippen LogP contribution in [0, 0.1) is 5.41 Å². The summed E-state index contributed by atoms with van der Waals surface area (Å²) < 4.78 is 0. The SMILES string of the molecule is CC1(C(=O)NCC2(O)CCCCCC2)CCCC1N. The van der Waals surface area contributed by atoms with Crippen LogP contribution in [0.1, 0.15) is 64.7 Å². The highest BCUT2D eigenvalue weighted by molar-refractivity contribution is 5.83. The zero-order chi connectivity index (χ0) is 13.9. The van der Waals surface area contributed by atoms with Crippen LogP contribution in [0.5, 0.6) is 0 Å². The van der Waals surface area contributed by atoms with E-state index in [0.717, 1.165) is 44.9 Å². The van der Waals surface area contributed by atoms with Crippen molar-refractivity contribution in [2.45, 2.75) is 76.4 Å². The van der Waals surface area contributed by atoms with E-state index in [9.17, 15) is 9.90 Å². The standard InChI is InChI=1S/C15H28N2O2/c1-14(8-6-7-12(14)16)13(18)17-11-15(19)9-4-2-3-5-10-15/h12,19H,2-11,16H2,1H3,(H,17,18). The highest BCUT2D eigenvalue weighted by atomic mass is 16.3. The summed E-state index contributed by atoms with van der Waals surface area (Å²) in [6, 6.07) is -0.0451. The Morgan fingerprint density at radius 2 is 1.84 bits per heavy atom. The molecule has 2 rings (SSSR count). The molecule has 2 fully saturated rings. The fourth-order valence-corrected chi connectivity index (χ4v) is 3.49. The number of hydrogen-bond donors (Lipinski definition) is 3. The molecule has 4 heteroatoms. The number of carbonyl (C=O) groups is 1. The van der Waals surface area contributed by atoms with Crippen molar-refractivity contribution in [3.05, 3.63) is 0 Å². The van der Waals surface area contributed by atoms with E-state index in [-0.39, 0.29) is 11.9 Å². The molecule has 2 atom stereocenters. The van der Waals surface area contributed by atoms with E-state index >= 15 is 0 Å². The van der Waals surface area contributed by atoms with Crippen molar-refractivity contribution in [3.8, 4) is 0 Å². The normalized spacial score (nSPS) is 34.8. The van der Waals surface area contributed by atoms with Crippen LogP contribution in [-0.2, 0) is 4.79 Å². The third kappa shape index (κ3) is 3.29. The van der Waals surface area contributed by atoms with Crippen molar-refractivity contribution >= 4 is 5.91 Å². The lowest BCUT2D eigenvalue weighted by Crippen LogP contribution is -2.51. The zero-order valence-electron chi connectivity index (χ0n) is 12.1. The molecule has 1 amide bonds. The van der Waals surface area contributed by atoms with Gasteiger partial charge in [0.25, 0.3) is 0 Å². The highest BCUT2D eigenvalue weighted by Gasteiger charge is 2.43. The molecule has 0 saturated heterocycles. The monoisotopic (exact) mass is 268 g/mol. The van der Waals surface area contributed by atoms with Crippen LogP contribution in [-0.4, -0.2) is 29.2 Å². The number of amides is 1. The summed E-state index contributed by atoms with van der Waals surface area (Å²) in [5.41, 5.74) is 4.91. The van der Waals surface area contributed by atoms with Gasteiger partial charge >= 0.3 is 0 Å². The molecule has 19 heavy (non-hydrogen) atoms. The van der Waals surface area contributed by atoms with Crippen molar-refractivity contribution in [2.24, 2.45) is 11.1 Å². The van der Waals surface area contributed by atoms with E-state index in [2.05, 4.69) is 5.32 Å². The number of nitrogens with two attached hydrogens (primary N) is 1. The third-order valence-electron chi connectivity index (χ3n) is 5.16. The number of hydrogen-bond acceptors (Lipinski definition) is 3. The Morgan fingerprint density at radius 3 is 2.37 bits per heavy atom. The molecule has 0 aliphatic heterocycles. The summed E-state index contributed by atoms with van der Waals surface area (Å²) in [6.45, 7) is 2.34. The first-order valence-electron chi connectivity index (χ1n) is 7.73. The van der Waals surface area contributed by atoms with Gasteiger partial charge in [-0.15, -0.1) is 0 Å². The van der Waals surface area contributed by atoms with Crippen molar-refractivity contribution < 1.29 is 9.90 Å². The summed E-state index contributed by atoms with van der Waals surface area (Å²) in [6.07, 6.45) is 8.91. The Balaban J connectivity index is 1.89. The molecule has 0 spiro atoms. The second-order valence-corrected chi connectivity index (χ2v) is 6.74. The molecular weight excluding hydrogens is 240 g/mol. The minimum atomic E-state index is -0.703. The van der Waals surface area contributed by atoms with Gasteiger partial charge in [0.15, 0.2) is 0 Å². The first kappa shape index (κ1) is 14.8. The molecule has 0 aromatic rings. The number of nitrogens with one attached hydrogen (secondary N) is 1. The van der Waals surface area contributed by atoms with E-state index < -0.39 is 11.0 Å². The van der Waals surface area contributed by atoms with Crippen LogP contribution in [0.15, 0.2) is 0 Å². The van der Waals surface area contributed by atoms with Crippen LogP contribution < -0.4 is 11.1 Å². The van der Waals surface area contributed by atoms with E-state index in [1.165, 1.54) is 12.8 Å². The van der Waals surface area contributed by atoms with Gasteiger partial charge in [0.05, 0.1) is 11.0 Å². The minimum absolute atomic E-state index is 0.0233. The van der Waals surface area contributed by atoms with E-state index in [1.54, 1.807) is 0 Å². The maximum atomic E-state index is 12.3. The van der Waals surface area contributed by atoms with E-state index in [0.29, 0.717) is 6.54 Å². The highest BCUT2D eigenvalue weighted by Crippen LogP contribution is 2.37. The lowest BCUT2D eigenvalue weighted by Gasteiger charge is -2.31. The number of aliphatic hydroxyl groups is 1. The molecule has 2 unspecified atom stereocenters. The van der Waals surface area contributed by atoms with Gasteiger partial charge in [-0.05, 0) is 32.6 Å². The predicted octanol–water partition coefficient (Wildman–Crippen LogP) is 1.71. The van der Waals surface area contributed by atoms with Crippen molar-refractivity contribution in [1.29, 1.82) is 0 Å². The molecular formula is C15H28N2O2. The van der Waals surface area contributed by atoms with Gasteiger partial charge in [-0.3, -0.25) is 4.79 Å². The number of carbonyl (C=O) groups excluding carboxylic acids is 1. The maximum Gasteiger partial charge on any atom is 0.227 e. The second kappa shape index (κ2) is 5.80. The molecule has 2 aliphatic carbocycles. The maximum absolute atomic E-state index is 12.3. The topological polar surface area (TPSA) is 75.3 Å². The largest absolute Gasteiger partial charge is 0.388 e. The molecule has 0 aromatic heterocycles. The van der Waals surface area contributed by atoms with Crippen molar-refractivity contribution in [3.63, 3.8) is 0 Å². The molecule has 0 aromatic carbocycles. The van der Waals surface area contributed by atoms with E-state index in [4.69, 9.17) is 5.73 Å². The van der Waals surface area contributed by atoms with Crippen molar-refractivity contribution in [1.82, 2.24) is 5.32 Å². The van der Waals surface area contributed by atoms with Gasteiger partial charge in [0.2, 0.25) is 5.91 Å². The van der Waals surface area contributed by atoms with Gasteiger partial charge in [-0.1, -0.05) is 32.1 Å². The van der Waals surface area contributed by atoms with E-state index in [1.807, 2.05) is 6.92 Å². The van der Waals surface area contributed by atoms with Gasteiger partial charge in [0, 0.05) is 12.6 Å². The Hall–Kier alpha value is -0.610. The second-order valence-electron chi connectivity index (χ2n) is 6.74. The average Bonchev–Trinajstić information content (AvgIpc) is 2.61. The summed E-state index contributed by atoms with van der Waals surface area (Å²) in [5, 5.41) is 13.5. The third-order valence-corrected chi connectivity index (χ3v) is 5.16. The Morgan fingerprint density at radius 1 is 1.21 bits per heavy atom. The summed E-state index contributed by atoms with van der Waals surface area (Å²) in [4.78, 5) is 12.3. The minimum Gasteiger partial charge on any atom is -0.388 e. The molecule has 110 valence electrons. The molecule has 0 bridgehead atoms. The number of rotatable bonds is 3. The lowest BCUT2D eigenvalue weighted by atomic mass is 9.83. The van der Waals surface area contributed by atoms with Gasteiger partial charge < -0.3 is 16.2 Å². The van der Waals surface area contributed by atoms with Crippen LogP contribution >= 0.6 is 0 Å². The Labute approximate surface area is 116 Å². The van der Waals surface area contributed by atoms with Crippen LogP contribution in [0.2, 0.25) is 0 Å². The van der Waals surface area contributed by atoms with Crippen molar-refractivity contribution in [2.75, 3.05) is 6.54 Å². The molecule has 4 N–H and O–H groups in total. The molecule has 0 heterocycles. The van der Waals surface area contributed by atoms with Crippen LogP contribution in [0.3, 0.4) is 0 Å². The summed E-state index contributed by atoms with van der Waals surface area (Å²) in [5.74, 6) is 0.0233. The Bertz CT molecular complexity index is 324. The fourth-order valence-electron chi connectivity index (χ4n) is 3.49. The first-order chi connectivity index (χ1) is 8.96.